The number of primary amides is 1. The van der Waals surface area contributed by atoms with E-state index in [1.54, 1.807) is 45.0 Å². The molecule has 4 amide bonds. The molecule has 1 aromatic rings. The van der Waals surface area contributed by atoms with Gasteiger partial charge in [0.25, 0.3) is 0 Å². The van der Waals surface area contributed by atoms with Gasteiger partial charge in [0.05, 0.1) is 0 Å². The molecular weight excluding hydrogens is 460 g/mol. The van der Waals surface area contributed by atoms with Gasteiger partial charge in [0, 0.05) is 24.1 Å². The van der Waals surface area contributed by atoms with Crippen LogP contribution in [0.5, 0.6) is 0 Å². The van der Waals surface area contributed by atoms with Gasteiger partial charge in [-0.1, -0.05) is 18.1 Å². The van der Waals surface area contributed by atoms with Crippen molar-refractivity contribution >= 4 is 23.8 Å². The summed E-state index contributed by atoms with van der Waals surface area (Å²) in [5.74, 6) is 1.13. The standard InChI is InChI=1S/C27H38N4O5/c1-7-18-11-13-19(14-12-18)23(24(33)29-17(2)3)31(20-9-8-10-20)25(34)21(15-16-22(28)32)30-26(35)36-27(4,5)6/h1,11-14,17,20-21,23H,8-10,15-16H2,2-6H3,(H2,28,32)(H,29,33)(H,30,35). The first-order chi connectivity index (χ1) is 16.8. The summed E-state index contributed by atoms with van der Waals surface area (Å²) in [7, 11) is 0. The first-order valence-electron chi connectivity index (χ1n) is 12.3. The first kappa shape index (κ1) is 28.7. The molecule has 0 saturated heterocycles. The van der Waals surface area contributed by atoms with E-state index in [4.69, 9.17) is 16.9 Å². The van der Waals surface area contributed by atoms with Crippen molar-refractivity contribution < 1.29 is 23.9 Å². The number of alkyl carbamates (subject to hydrolysis) is 1. The fourth-order valence-electron chi connectivity index (χ4n) is 3.92. The Kier molecular flexibility index (Phi) is 9.91. The summed E-state index contributed by atoms with van der Waals surface area (Å²) in [6.07, 6.45) is 6.90. The largest absolute Gasteiger partial charge is 0.444 e. The van der Waals surface area contributed by atoms with Crippen LogP contribution in [0.3, 0.4) is 0 Å². The summed E-state index contributed by atoms with van der Waals surface area (Å²) in [5.41, 5.74) is 5.80. The van der Waals surface area contributed by atoms with E-state index >= 15 is 0 Å². The van der Waals surface area contributed by atoms with E-state index in [0.717, 1.165) is 6.42 Å². The van der Waals surface area contributed by atoms with Gasteiger partial charge < -0.3 is 26.0 Å². The maximum absolute atomic E-state index is 14.0. The van der Waals surface area contributed by atoms with Crippen molar-refractivity contribution in [1.29, 1.82) is 0 Å². The molecule has 4 N–H and O–H groups in total. The smallest absolute Gasteiger partial charge is 0.408 e. The first-order valence-corrected chi connectivity index (χ1v) is 12.3. The molecule has 0 bridgehead atoms. The predicted octanol–water partition coefficient (Wildman–Crippen LogP) is 2.77. The number of hydrogen-bond acceptors (Lipinski definition) is 5. The SMILES string of the molecule is C#Cc1ccc(C(C(=O)NC(C)C)N(C(=O)C(CCC(N)=O)NC(=O)OC(C)(C)C)C2CCC2)cc1. The van der Waals surface area contributed by atoms with Crippen molar-refractivity contribution in [3.63, 3.8) is 0 Å². The number of carbonyl (C=O) groups excluding carboxylic acids is 4. The Morgan fingerprint density at radius 2 is 1.75 bits per heavy atom. The van der Waals surface area contributed by atoms with Crippen LogP contribution < -0.4 is 16.4 Å². The maximum Gasteiger partial charge on any atom is 0.408 e. The Hall–Kier alpha value is -3.54. The molecule has 9 nitrogen and oxygen atoms in total. The number of nitrogens with two attached hydrogens (primary N) is 1. The molecule has 2 rings (SSSR count). The molecule has 1 aliphatic carbocycles. The van der Waals surface area contributed by atoms with Crippen molar-refractivity contribution in [2.75, 3.05) is 0 Å². The van der Waals surface area contributed by atoms with Gasteiger partial charge in [-0.3, -0.25) is 14.4 Å². The lowest BCUT2D eigenvalue weighted by Crippen LogP contribution is -2.58. The van der Waals surface area contributed by atoms with Crippen LogP contribution in [0, 0.1) is 12.3 Å². The molecule has 36 heavy (non-hydrogen) atoms. The molecule has 9 heteroatoms. The lowest BCUT2D eigenvalue weighted by Gasteiger charge is -2.43. The molecule has 0 aromatic heterocycles. The van der Waals surface area contributed by atoms with Crippen LogP contribution in [0.15, 0.2) is 24.3 Å². The van der Waals surface area contributed by atoms with Gasteiger partial charge in [0.2, 0.25) is 17.7 Å². The zero-order chi connectivity index (χ0) is 27.0. The fraction of sp³-hybridized carbons (Fsp3) is 0.556. The van der Waals surface area contributed by atoms with Gasteiger partial charge in [-0.25, -0.2) is 4.79 Å². The van der Waals surface area contributed by atoms with E-state index in [2.05, 4.69) is 16.6 Å². The number of ether oxygens (including phenoxy) is 1. The number of hydrogen-bond donors (Lipinski definition) is 3. The van der Waals surface area contributed by atoms with Gasteiger partial charge in [-0.2, -0.15) is 0 Å². The highest BCUT2D eigenvalue weighted by atomic mass is 16.6. The van der Waals surface area contributed by atoms with Crippen LogP contribution in [0.4, 0.5) is 4.79 Å². The quantitative estimate of drug-likeness (QED) is 0.427. The molecule has 0 heterocycles. The third-order valence-corrected chi connectivity index (χ3v) is 5.74. The zero-order valence-corrected chi connectivity index (χ0v) is 21.8. The minimum Gasteiger partial charge on any atom is -0.444 e. The molecule has 0 spiro atoms. The molecular formula is C27H38N4O5. The van der Waals surface area contributed by atoms with Crippen molar-refractivity contribution in [3.8, 4) is 12.3 Å². The van der Waals surface area contributed by atoms with Crippen LogP contribution >= 0.6 is 0 Å². The van der Waals surface area contributed by atoms with Crippen molar-refractivity contribution in [3.05, 3.63) is 35.4 Å². The Bertz CT molecular complexity index is 987. The minimum absolute atomic E-state index is 0.0226. The highest BCUT2D eigenvalue weighted by Crippen LogP contribution is 2.34. The fourth-order valence-corrected chi connectivity index (χ4v) is 3.92. The van der Waals surface area contributed by atoms with Crippen LogP contribution in [0.2, 0.25) is 0 Å². The second-order valence-electron chi connectivity index (χ2n) is 10.4. The number of nitrogens with one attached hydrogen (secondary N) is 2. The molecule has 1 aliphatic rings. The second kappa shape index (κ2) is 12.4. The van der Waals surface area contributed by atoms with Crippen LogP contribution in [-0.4, -0.2) is 52.4 Å². The van der Waals surface area contributed by atoms with Crippen molar-refractivity contribution in [2.24, 2.45) is 5.73 Å². The number of amides is 4. The average molecular weight is 499 g/mol. The van der Waals surface area contributed by atoms with Crippen LogP contribution in [0.1, 0.15) is 83.9 Å². The van der Waals surface area contributed by atoms with Gasteiger partial charge >= 0.3 is 6.09 Å². The highest BCUT2D eigenvalue weighted by molar-refractivity contribution is 5.93. The van der Waals surface area contributed by atoms with E-state index in [9.17, 15) is 19.2 Å². The molecule has 2 atom stereocenters. The number of terminal acetylenes is 1. The van der Waals surface area contributed by atoms with Gasteiger partial charge in [0.1, 0.15) is 17.7 Å². The maximum atomic E-state index is 14.0. The van der Waals surface area contributed by atoms with Crippen molar-refractivity contribution in [1.82, 2.24) is 15.5 Å². The Labute approximate surface area is 213 Å². The molecule has 0 aliphatic heterocycles. The predicted molar refractivity (Wildman–Crippen MR) is 136 cm³/mol. The van der Waals surface area contributed by atoms with Gasteiger partial charge in [-0.05, 0) is 78.0 Å². The van der Waals surface area contributed by atoms with E-state index in [1.807, 2.05) is 13.8 Å². The summed E-state index contributed by atoms with van der Waals surface area (Å²) >= 11 is 0. The monoisotopic (exact) mass is 498 g/mol. The number of benzene rings is 1. The topological polar surface area (TPSA) is 131 Å². The normalized spacial score (nSPS) is 15.1. The molecule has 2 unspecified atom stereocenters. The number of carbonyl (C=O) groups is 4. The summed E-state index contributed by atoms with van der Waals surface area (Å²) < 4.78 is 5.34. The van der Waals surface area contributed by atoms with Crippen LogP contribution in [-0.2, 0) is 19.1 Å². The lowest BCUT2D eigenvalue weighted by molar-refractivity contribution is -0.147. The molecule has 0 radical (unpaired) electrons. The Morgan fingerprint density at radius 1 is 1.14 bits per heavy atom. The summed E-state index contributed by atoms with van der Waals surface area (Å²) in [4.78, 5) is 53.1. The average Bonchev–Trinajstić information content (AvgIpc) is 2.73. The third-order valence-electron chi connectivity index (χ3n) is 5.74. The number of rotatable bonds is 10. The van der Waals surface area contributed by atoms with Crippen molar-refractivity contribution in [2.45, 2.75) is 96.5 Å². The second-order valence-corrected chi connectivity index (χ2v) is 10.4. The third kappa shape index (κ3) is 8.29. The molecule has 1 fully saturated rings. The summed E-state index contributed by atoms with van der Waals surface area (Å²) in [6, 6.07) is 4.49. The Morgan fingerprint density at radius 3 is 2.19 bits per heavy atom. The molecule has 196 valence electrons. The van der Waals surface area contributed by atoms with E-state index < -0.39 is 35.6 Å². The Balaban J connectivity index is 2.49. The zero-order valence-electron chi connectivity index (χ0n) is 21.8. The van der Waals surface area contributed by atoms with E-state index in [-0.39, 0.29) is 30.8 Å². The van der Waals surface area contributed by atoms with E-state index in [1.165, 1.54) is 4.90 Å². The van der Waals surface area contributed by atoms with Gasteiger partial charge in [0.15, 0.2) is 0 Å². The van der Waals surface area contributed by atoms with E-state index in [0.29, 0.717) is 24.0 Å². The number of nitrogens with zero attached hydrogens (tertiary/aromatic N) is 1. The highest BCUT2D eigenvalue weighted by Gasteiger charge is 2.42. The lowest BCUT2D eigenvalue weighted by atomic mass is 9.87. The minimum atomic E-state index is -1.10. The molecule has 1 aromatic carbocycles. The summed E-state index contributed by atoms with van der Waals surface area (Å²) in [5, 5.41) is 5.51. The summed E-state index contributed by atoms with van der Waals surface area (Å²) in [6.45, 7) is 8.80. The molecule has 1 saturated carbocycles. The van der Waals surface area contributed by atoms with Gasteiger partial charge in [-0.15, -0.1) is 6.42 Å². The van der Waals surface area contributed by atoms with Crippen LogP contribution in [0.25, 0.3) is 0 Å².